The summed E-state index contributed by atoms with van der Waals surface area (Å²) in [5.41, 5.74) is 2.50. The van der Waals surface area contributed by atoms with Crippen LogP contribution in [0.4, 0.5) is 5.82 Å². The van der Waals surface area contributed by atoms with Crippen molar-refractivity contribution in [2.75, 3.05) is 11.1 Å². The molecule has 0 aliphatic rings. The fraction of sp³-hybridized carbons (Fsp3) is 0.263. The van der Waals surface area contributed by atoms with Crippen molar-refractivity contribution in [3.05, 3.63) is 55.0 Å². The molecule has 0 fully saturated rings. The van der Waals surface area contributed by atoms with Gasteiger partial charge in [0.25, 0.3) is 0 Å². The number of hydrogen-bond acceptors (Lipinski definition) is 4. The third-order valence-electron chi connectivity index (χ3n) is 3.43. The lowest BCUT2D eigenvalue weighted by Crippen LogP contribution is -2.20. The minimum atomic E-state index is -0.0456. The smallest absolute Gasteiger partial charge is 0.235 e. The van der Waals surface area contributed by atoms with E-state index in [9.17, 15) is 4.79 Å². The molecule has 0 saturated heterocycles. The molecular formula is C19H21N3O2S. The number of para-hydroxylation sites is 1. The molecule has 0 radical (unpaired) electrons. The molecule has 25 heavy (non-hydrogen) atoms. The Labute approximate surface area is 151 Å². The van der Waals surface area contributed by atoms with E-state index in [0.29, 0.717) is 11.6 Å². The van der Waals surface area contributed by atoms with Crippen LogP contribution < -0.4 is 5.32 Å². The number of carbonyl (C=O) groups excluding carboxylic acids is 1. The highest BCUT2D eigenvalue weighted by Crippen LogP contribution is 2.26. The first-order valence-corrected chi connectivity index (χ1v) is 9.03. The van der Waals surface area contributed by atoms with Gasteiger partial charge >= 0.3 is 0 Å². The van der Waals surface area contributed by atoms with Crippen LogP contribution in [0.15, 0.2) is 59.4 Å². The number of amides is 1. The van der Waals surface area contributed by atoms with E-state index < -0.39 is 0 Å². The van der Waals surface area contributed by atoms with Crippen LogP contribution in [0.3, 0.4) is 0 Å². The van der Waals surface area contributed by atoms with Gasteiger partial charge < -0.3 is 9.73 Å². The van der Waals surface area contributed by atoms with Crippen molar-refractivity contribution in [3.63, 3.8) is 0 Å². The quantitative estimate of drug-likeness (QED) is 0.726. The molecule has 3 aromatic rings. The van der Waals surface area contributed by atoms with Gasteiger partial charge in [-0.25, -0.2) is 4.68 Å². The molecule has 1 aromatic carbocycles. The van der Waals surface area contributed by atoms with Gasteiger partial charge in [0.05, 0.1) is 29.7 Å². The van der Waals surface area contributed by atoms with Crippen molar-refractivity contribution < 1.29 is 9.21 Å². The lowest BCUT2D eigenvalue weighted by Gasteiger charge is -2.17. The molecule has 2 heterocycles. The Balaban J connectivity index is 1.87. The van der Waals surface area contributed by atoms with E-state index >= 15 is 0 Å². The van der Waals surface area contributed by atoms with Gasteiger partial charge in [-0.3, -0.25) is 4.79 Å². The highest BCUT2D eigenvalue weighted by Gasteiger charge is 2.17. The van der Waals surface area contributed by atoms with Crippen molar-refractivity contribution in [2.45, 2.75) is 25.5 Å². The zero-order valence-electron chi connectivity index (χ0n) is 14.5. The largest absolute Gasteiger partial charge is 0.472 e. The molecule has 0 atom stereocenters. The van der Waals surface area contributed by atoms with Crippen molar-refractivity contribution in [3.8, 4) is 16.9 Å². The molecule has 0 bridgehead atoms. The van der Waals surface area contributed by atoms with E-state index in [2.05, 4.69) is 31.2 Å². The number of rotatable bonds is 5. The Morgan fingerprint density at radius 1 is 1.24 bits per heavy atom. The van der Waals surface area contributed by atoms with E-state index in [1.165, 1.54) is 0 Å². The van der Waals surface area contributed by atoms with Gasteiger partial charge in [0.2, 0.25) is 5.91 Å². The average Bonchev–Trinajstić information content (AvgIpc) is 3.22. The van der Waals surface area contributed by atoms with Gasteiger partial charge in [-0.2, -0.15) is 5.10 Å². The number of nitrogens with zero attached hydrogens (tertiary/aromatic N) is 2. The maximum Gasteiger partial charge on any atom is 0.235 e. The molecule has 0 saturated carbocycles. The minimum Gasteiger partial charge on any atom is -0.472 e. The zero-order valence-corrected chi connectivity index (χ0v) is 15.3. The number of furan rings is 1. The lowest BCUT2D eigenvalue weighted by molar-refractivity contribution is -0.113. The van der Waals surface area contributed by atoms with E-state index in [0.717, 1.165) is 16.9 Å². The molecule has 3 rings (SSSR count). The highest BCUT2D eigenvalue weighted by atomic mass is 32.2. The molecule has 130 valence electrons. The number of nitrogens with one attached hydrogen (secondary N) is 1. The predicted octanol–water partition coefficient (Wildman–Crippen LogP) is 4.60. The molecule has 6 heteroatoms. The number of thioether (sulfide) groups is 1. The monoisotopic (exact) mass is 355 g/mol. The van der Waals surface area contributed by atoms with Gasteiger partial charge in [0.15, 0.2) is 0 Å². The standard InChI is InChI=1S/C19H21N3O2S/c1-19(2,3)25-13-18(23)20-17-11-16(14-9-10-24-12-14)21-22(17)15-7-5-4-6-8-15/h4-12H,13H2,1-3H3,(H,20,23). The predicted molar refractivity (Wildman–Crippen MR) is 102 cm³/mol. The Kier molecular flexibility index (Phi) is 4.99. The summed E-state index contributed by atoms with van der Waals surface area (Å²) in [6, 6.07) is 13.4. The average molecular weight is 355 g/mol. The molecule has 1 N–H and O–H groups in total. The Bertz CT molecular complexity index is 833. The lowest BCUT2D eigenvalue weighted by atomic mass is 10.2. The fourth-order valence-electron chi connectivity index (χ4n) is 2.25. The molecule has 0 aliphatic heterocycles. The topological polar surface area (TPSA) is 60.1 Å². The number of benzene rings is 1. The van der Waals surface area contributed by atoms with Crippen LogP contribution in [-0.4, -0.2) is 26.2 Å². The number of anilines is 1. The highest BCUT2D eigenvalue weighted by molar-refractivity contribution is 8.01. The van der Waals surface area contributed by atoms with Gasteiger partial charge in [-0.05, 0) is 18.2 Å². The molecule has 0 aliphatic carbocycles. The van der Waals surface area contributed by atoms with Crippen LogP contribution in [0.1, 0.15) is 20.8 Å². The SMILES string of the molecule is CC(C)(C)SCC(=O)Nc1cc(-c2ccoc2)nn1-c1ccccc1. The summed E-state index contributed by atoms with van der Waals surface area (Å²) in [4.78, 5) is 12.3. The molecule has 0 spiro atoms. The van der Waals surface area contributed by atoms with E-state index in [1.807, 2.05) is 42.5 Å². The van der Waals surface area contributed by atoms with Crippen LogP contribution in [0.25, 0.3) is 16.9 Å². The second kappa shape index (κ2) is 7.19. The summed E-state index contributed by atoms with van der Waals surface area (Å²) < 4.78 is 6.92. The third-order valence-corrected chi connectivity index (χ3v) is 4.70. The number of hydrogen-bond donors (Lipinski definition) is 1. The van der Waals surface area contributed by atoms with Crippen LogP contribution in [0.2, 0.25) is 0 Å². The Hall–Kier alpha value is -2.47. The molecular weight excluding hydrogens is 334 g/mol. The van der Waals surface area contributed by atoms with Gasteiger partial charge in [0, 0.05) is 16.4 Å². The van der Waals surface area contributed by atoms with E-state index in [4.69, 9.17) is 4.42 Å². The first-order valence-electron chi connectivity index (χ1n) is 8.04. The van der Waals surface area contributed by atoms with E-state index in [-0.39, 0.29) is 10.7 Å². The number of carbonyl (C=O) groups is 1. The summed E-state index contributed by atoms with van der Waals surface area (Å²) in [6.45, 7) is 6.28. The summed E-state index contributed by atoms with van der Waals surface area (Å²) in [5, 5.41) is 7.59. The molecule has 1 amide bonds. The Morgan fingerprint density at radius 2 is 2.00 bits per heavy atom. The second-order valence-corrected chi connectivity index (χ2v) is 8.43. The van der Waals surface area contributed by atoms with Crippen LogP contribution >= 0.6 is 11.8 Å². The molecule has 5 nitrogen and oxygen atoms in total. The van der Waals surface area contributed by atoms with E-state index in [1.54, 1.807) is 29.0 Å². The van der Waals surface area contributed by atoms with Gasteiger partial charge in [-0.1, -0.05) is 39.0 Å². The summed E-state index contributed by atoms with van der Waals surface area (Å²) in [6.07, 6.45) is 3.24. The zero-order chi connectivity index (χ0) is 17.9. The van der Waals surface area contributed by atoms with Crippen molar-refractivity contribution in [1.29, 1.82) is 0 Å². The maximum atomic E-state index is 12.3. The normalized spacial score (nSPS) is 11.5. The van der Waals surface area contributed by atoms with Crippen LogP contribution in [0.5, 0.6) is 0 Å². The molecule has 2 aromatic heterocycles. The first-order chi connectivity index (χ1) is 11.9. The molecule has 0 unspecified atom stereocenters. The third kappa shape index (κ3) is 4.54. The van der Waals surface area contributed by atoms with Gasteiger partial charge in [-0.15, -0.1) is 11.8 Å². The number of aromatic nitrogens is 2. The fourth-order valence-corrected chi connectivity index (χ4v) is 2.88. The maximum absolute atomic E-state index is 12.3. The second-order valence-electron chi connectivity index (χ2n) is 6.62. The van der Waals surface area contributed by atoms with Crippen molar-refractivity contribution >= 4 is 23.5 Å². The minimum absolute atomic E-state index is 0.0406. The summed E-state index contributed by atoms with van der Waals surface area (Å²) >= 11 is 1.61. The van der Waals surface area contributed by atoms with Crippen molar-refractivity contribution in [1.82, 2.24) is 9.78 Å². The van der Waals surface area contributed by atoms with Gasteiger partial charge in [0.1, 0.15) is 5.82 Å². The van der Waals surface area contributed by atoms with Crippen LogP contribution in [-0.2, 0) is 4.79 Å². The van der Waals surface area contributed by atoms with Crippen LogP contribution in [0, 0.1) is 0 Å². The van der Waals surface area contributed by atoms with Crippen molar-refractivity contribution in [2.24, 2.45) is 0 Å². The summed E-state index contributed by atoms with van der Waals surface area (Å²) in [5.74, 6) is 0.988. The Morgan fingerprint density at radius 3 is 2.64 bits per heavy atom. The first kappa shape index (κ1) is 17.4. The summed E-state index contributed by atoms with van der Waals surface area (Å²) in [7, 11) is 0.